The molecular weight excluding hydrogens is 412 g/mol. The highest BCUT2D eigenvalue weighted by Gasteiger charge is 2.27. The number of piperidine rings is 1. The second-order valence-corrected chi connectivity index (χ2v) is 8.49. The quantitative estimate of drug-likeness (QED) is 0.568. The van der Waals surface area contributed by atoms with E-state index < -0.39 is 0 Å². The van der Waals surface area contributed by atoms with Crippen molar-refractivity contribution in [1.82, 2.24) is 15.1 Å². The highest BCUT2D eigenvalue weighted by Crippen LogP contribution is 2.20. The molecule has 0 spiro atoms. The van der Waals surface area contributed by atoms with Crippen LogP contribution in [0.3, 0.4) is 0 Å². The Morgan fingerprint density at radius 2 is 2.00 bits per heavy atom. The van der Waals surface area contributed by atoms with Crippen molar-refractivity contribution < 1.29 is 23.9 Å². The van der Waals surface area contributed by atoms with Crippen LogP contribution >= 0.6 is 0 Å². The Morgan fingerprint density at radius 3 is 2.69 bits per heavy atom. The van der Waals surface area contributed by atoms with Crippen molar-refractivity contribution in [2.45, 2.75) is 45.8 Å². The van der Waals surface area contributed by atoms with Crippen LogP contribution in [0.1, 0.15) is 38.7 Å². The molecule has 0 atom stereocenters. The van der Waals surface area contributed by atoms with Crippen LogP contribution in [0.4, 0.5) is 15.3 Å². The van der Waals surface area contributed by atoms with E-state index in [4.69, 9.17) is 9.47 Å². The topological polar surface area (TPSA) is 100 Å². The van der Waals surface area contributed by atoms with Gasteiger partial charge in [0.25, 0.3) is 0 Å². The van der Waals surface area contributed by atoms with Crippen molar-refractivity contribution in [2.24, 2.45) is 5.92 Å². The number of benzene rings is 1. The molecule has 3 rings (SSSR count). The van der Waals surface area contributed by atoms with Crippen LogP contribution in [0, 0.1) is 5.92 Å². The van der Waals surface area contributed by atoms with Gasteiger partial charge in [0.2, 0.25) is 5.91 Å². The first-order valence-electron chi connectivity index (χ1n) is 11.4. The van der Waals surface area contributed by atoms with E-state index in [-0.39, 0.29) is 30.1 Å². The van der Waals surface area contributed by atoms with E-state index in [1.54, 1.807) is 9.80 Å². The van der Waals surface area contributed by atoms with Crippen molar-refractivity contribution >= 4 is 23.7 Å². The molecule has 176 valence electrons. The summed E-state index contributed by atoms with van der Waals surface area (Å²) in [4.78, 5) is 40.0. The maximum atomic E-state index is 12.7. The zero-order valence-electron chi connectivity index (χ0n) is 19.0. The van der Waals surface area contributed by atoms with Crippen molar-refractivity contribution in [3.05, 3.63) is 29.8 Å². The van der Waals surface area contributed by atoms with Gasteiger partial charge in [-0.1, -0.05) is 12.1 Å². The van der Waals surface area contributed by atoms with E-state index in [0.717, 1.165) is 12.0 Å². The molecule has 2 fully saturated rings. The van der Waals surface area contributed by atoms with Gasteiger partial charge in [-0.15, -0.1) is 0 Å². The fraction of sp³-hybridized carbons (Fsp3) is 0.609. The monoisotopic (exact) mass is 446 g/mol. The van der Waals surface area contributed by atoms with Gasteiger partial charge in [-0.3, -0.25) is 4.79 Å². The van der Waals surface area contributed by atoms with Gasteiger partial charge in [0.15, 0.2) is 0 Å². The Bertz CT molecular complexity index is 792. The van der Waals surface area contributed by atoms with E-state index >= 15 is 0 Å². The van der Waals surface area contributed by atoms with E-state index in [2.05, 4.69) is 10.6 Å². The SMILES string of the molecule is CC(C)OCCCNC(=O)C1CCN(C(=O)Nc2cccc(CN3CCOC3=O)c2)CC1. The number of amides is 4. The number of anilines is 1. The molecule has 0 saturated carbocycles. The predicted molar refractivity (Wildman–Crippen MR) is 120 cm³/mol. The fourth-order valence-electron chi connectivity index (χ4n) is 3.83. The van der Waals surface area contributed by atoms with Crippen LogP contribution in [0.2, 0.25) is 0 Å². The summed E-state index contributed by atoms with van der Waals surface area (Å²) in [6.07, 6.45) is 1.99. The molecule has 0 aromatic heterocycles. The van der Waals surface area contributed by atoms with Gasteiger partial charge < -0.3 is 29.9 Å². The van der Waals surface area contributed by atoms with E-state index in [1.165, 1.54) is 0 Å². The Hall–Kier alpha value is -2.81. The summed E-state index contributed by atoms with van der Waals surface area (Å²) in [5, 5.41) is 5.90. The minimum absolute atomic E-state index is 0.0581. The molecule has 32 heavy (non-hydrogen) atoms. The molecule has 2 aliphatic rings. The van der Waals surface area contributed by atoms with E-state index in [9.17, 15) is 14.4 Å². The van der Waals surface area contributed by atoms with Crippen LogP contribution in [-0.4, -0.2) is 73.3 Å². The number of hydrogen-bond donors (Lipinski definition) is 2. The molecule has 4 amide bonds. The van der Waals surface area contributed by atoms with Crippen LogP contribution in [-0.2, 0) is 20.8 Å². The number of urea groups is 1. The molecule has 0 radical (unpaired) electrons. The van der Waals surface area contributed by atoms with Gasteiger partial charge in [0, 0.05) is 44.4 Å². The van der Waals surface area contributed by atoms with Gasteiger partial charge in [-0.2, -0.15) is 0 Å². The van der Waals surface area contributed by atoms with E-state index in [1.807, 2.05) is 38.1 Å². The maximum Gasteiger partial charge on any atom is 0.410 e. The average molecular weight is 447 g/mol. The molecule has 2 saturated heterocycles. The summed E-state index contributed by atoms with van der Waals surface area (Å²) in [5.74, 6) is -0.00337. The van der Waals surface area contributed by atoms with Crippen LogP contribution in [0.15, 0.2) is 24.3 Å². The molecule has 2 heterocycles. The number of rotatable bonds is 9. The molecule has 0 unspecified atom stereocenters. The number of carbonyl (C=O) groups excluding carboxylic acids is 3. The Balaban J connectivity index is 1.39. The molecule has 9 heteroatoms. The lowest BCUT2D eigenvalue weighted by atomic mass is 9.96. The first-order chi connectivity index (χ1) is 15.4. The van der Waals surface area contributed by atoms with Crippen LogP contribution in [0.25, 0.3) is 0 Å². The third-order valence-corrected chi connectivity index (χ3v) is 5.62. The smallest absolute Gasteiger partial charge is 0.410 e. The zero-order valence-corrected chi connectivity index (χ0v) is 19.0. The Kier molecular flexibility index (Phi) is 8.72. The molecule has 2 N–H and O–H groups in total. The molecular formula is C23H34N4O5. The van der Waals surface area contributed by atoms with Gasteiger partial charge in [0.05, 0.1) is 12.6 Å². The lowest BCUT2D eigenvalue weighted by molar-refractivity contribution is -0.126. The highest BCUT2D eigenvalue weighted by atomic mass is 16.6. The summed E-state index contributed by atoms with van der Waals surface area (Å²) < 4.78 is 10.4. The molecule has 1 aromatic rings. The fourth-order valence-corrected chi connectivity index (χ4v) is 3.83. The third-order valence-electron chi connectivity index (χ3n) is 5.62. The molecule has 0 bridgehead atoms. The summed E-state index contributed by atoms with van der Waals surface area (Å²) in [7, 11) is 0. The van der Waals surface area contributed by atoms with Gasteiger partial charge >= 0.3 is 12.1 Å². The third kappa shape index (κ3) is 7.12. The number of hydrogen-bond acceptors (Lipinski definition) is 5. The summed E-state index contributed by atoms with van der Waals surface area (Å²) >= 11 is 0. The first kappa shape index (κ1) is 23.8. The number of nitrogens with zero attached hydrogens (tertiary/aromatic N) is 2. The number of ether oxygens (including phenoxy) is 2. The maximum absolute atomic E-state index is 12.7. The lowest BCUT2D eigenvalue weighted by Gasteiger charge is -2.31. The van der Waals surface area contributed by atoms with Crippen LogP contribution in [0.5, 0.6) is 0 Å². The molecule has 9 nitrogen and oxygen atoms in total. The summed E-state index contributed by atoms with van der Waals surface area (Å²) in [6.45, 7) is 7.75. The zero-order chi connectivity index (χ0) is 22.9. The van der Waals surface area contributed by atoms with Crippen molar-refractivity contribution in [3.8, 4) is 0 Å². The number of nitrogens with one attached hydrogen (secondary N) is 2. The minimum Gasteiger partial charge on any atom is -0.448 e. The summed E-state index contributed by atoms with van der Waals surface area (Å²) in [6, 6.07) is 7.29. The molecule has 2 aliphatic heterocycles. The second kappa shape index (κ2) is 11.7. The lowest BCUT2D eigenvalue weighted by Crippen LogP contribution is -2.44. The number of cyclic esters (lactones) is 1. The predicted octanol–water partition coefficient (Wildman–Crippen LogP) is 2.81. The van der Waals surface area contributed by atoms with Crippen molar-refractivity contribution in [3.63, 3.8) is 0 Å². The Labute approximate surface area is 189 Å². The van der Waals surface area contributed by atoms with Crippen molar-refractivity contribution in [2.75, 3.05) is 44.7 Å². The largest absolute Gasteiger partial charge is 0.448 e. The molecule has 1 aromatic carbocycles. The average Bonchev–Trinajstić information content (AvgIpc) is 3.17. The Morgan fingerprint density at radius 1 is 1.22 bits per heavy atom. The minimum atomic E-state index is -0.310. The van der Waals surface area contributed by atoms with Gasteiger partial charge in [-0.25, -0.2) is 9.59 Å². The standard InChI is InChI=1S/C23H34N4O5/c1-17(2)31-13-4-9-24-21(28)19-7-10-26(11-8-19)22(29)25-20-6-3-5-18(15-20)16-27-12-14-32-23(27)30/h3,5-6,15,17,19H,4,7-14,16H2,1-2H3,(H,24,28)(H,25,29). The summed E-state index contributed by atoms with van der Waals surface area (Å²) in [5.41, 5.74) is 1.61. The first-order valence-corrected chi connectivity index (χ1v) is 11.4. The van der Waals surface area contributed by atoms with Crippen LogP contribution < -0.4 is 10.6 Å². The second-order valence-electron chi connectivity index (χ2n) is 8.49. The molecule has 0 aliphatic carbocycles. The highest BCUT2D eigenvalue weighted by molar-refractivity contribution is 5.89. The van der Waals surface area contributed by atoms with Crippen molar-refractivity contribution in [1.29, 1.82) is 0 Å². The van der Waals surface area contributed by atoms with Gasteiger partial charge in [-0.05, 0) is 50.8 Å². The number of likely N-dealkylation sites (tertiary alicyclic amines) is 1. The van der Waals surface area contributed by atoms with E-state index in [0.29, 0.717) is 64.5 Å². The number of carbonyl (C=O) groups is 3. The normalized spacial score (nSPS) is 16.9. The van der Waals surface area contributed by atoms with Gasteiger partial charge in [0.1, 0.15) is 6.61 Å².